The van der Waals surface area contributed by atoms with Crippen LogP contribution in [0.25, 0.3) is 0 Å². The average Bonchev–Trinajstić information content (AvgIpc) is 2.60. The van der Waals surface area contributed by atoms with Gasteiger partial charge < -0.3 is 10.1 Å². The maximum Gasteiger partial charge on any atom is 0.258 e. The summed E-state index contributed by atoms with van der Waals surface area (Å²) in [5.74, 6) is 0.590. The molecule has 0 saturated heterocycles. The summed E-state index contributed by atoms with van der Waals surface area (Å²) in [7, 11) is 0. The normalized spacial score (nSPS) is 10.5. The minimum absolute atomic E-state index is 0.0238. The highest BCUT2D eigenvalue weighted by atomic mass is 79.9. The van der Waals surface area contributed by atoms with Crippen LogP contribution < -0.4 is 10.1 Å². The molecule has 1 amide bonds. The monoisotopic (exact) mass is 389 g/mol. The molecule has 4 heteroatoms. The van der Waals surface area contributed by atoms with E-state index in [2.05, 4.69) is 53.3 Å². The summed E-state index contributed by atoms with van der Waals surface area (Å²) in [6.07, 6.45) is 1.96. The molecule has 3 nitrogen and oxygen atoms in total. The minimum Gasteiger partial charge on any atom is -0.484 e. The number of ether oxygens (including phenoxy) is 1. The lowest BCUT2D eigenvalue weighted by atomic mass is 10.0. The highest BCUT2D eigenvalue weighted by molar-refractivity contribution is 9.10. The fourth-order valence-corrected chi connectivity index (χ4v) is 2.76. The number of rotatable bonds is 7. The van der Waals surface area contributed by atoms with Crippen molar-refractivity contribution in [3.8, 4) is 5.75 Å². The average molecular weight is 390 g/mol. The molecular formula is C20H24BrNO2. The van der Waals surface area contributed by atoms with Crippen LogP contribution in [0.1, 0.15) is 36.1 Å². The summed E-state index contributed by atoms with van der Waals surface area (Å²) >= 11 is 3.45. The number of benzene rings is 2. The number of carbonyl (C=O) groups is 1. The summed E-state index contributed by atoms with van der Waals surface area (Å²) < 4.78 is 6.59. The number of nitrogens with one attached hydrogen (secondary N) is 1. The molecule has 0 aliphatic heterocycles. The van der Waals surface area contributed by atoms with Gasteiger partial charge >= 0.3 is 0 Å². The first-order valence-electron chi connectivity index (χ1n) is 8.29. The molecule has 0 unspecified atom stereocenters. The third-order valence-electron chi connectivity index (χ3n) is 4.04. The number of aryl methyl sites for hydroxylation is 3. The SMILES string of the molecule is CCc1ccc(CC)c(CNC(=O)COc2ccc(Br)c(C)c2)c1. The minimum atomic E-state index is -0.112. The van der Waals surface area contributed by atoms with Gasteiger partial charge in [0.25, 0.3) is 5.91 Å². The molecule has 128 valence electrons. The lowest BCUT2D eigenvalue weighted by Crippen LogP contribution is -2.28. The molecule has 0 atom stereocenters. The van der Waals surface area contributed by atoms with Crippen molar-refractivity contribution in [2.75, 3.05) is 6.61 Å². The van der Waals surface area contributed by atoms with Crippen molar-refractivity contribution in [3.05, 3.63) is 63.1 Å². The molecule has 2 rings (SSSR count). The highest BCUT2D eigenvalue weighted by Crippen LogP contribution is 2.21. The van der Waals surface area contributed by atoms with Crippen molar-refractivity contribution in [3.63, 3.8) is 0 Å². The molecule has 0 aliphatic carbocycles. The zero-order valence-corrected chi connectivity index (χ0v) is 16.1. The molecular weight excluding hydrogens is 366 g/mol. The second-order valence-corrected chi connectivity index (χ2v) is 6.64. The van der Waals surface area contributed by atoms with E-state index in [1.165, 1.54) is 16.7 Å². The van der Waals surface area contributed by atoms with Gasteiger partial charge in [-0.05, 0) is 60.2 Å². The zero-order valence-electron chi connectivity index (χ0n) is 14.5. The van der Waals surface area contributed by atoms with Gasteiger partial charge in [0.15, 0.2) is 6.61 Å². The van der Waals surface area contributed by atoms with E-state index in [9.17, 15) is 4.79 Å². The molecule has 24 heavy (non-hydrogen) atoms. The Morgan fingerprint density at radius 1 is 1.08 bits per heavy atom. The number of amides is 1. The molecule has 0 aromatic heterocycles. The van der Waals surface area contributed by atoms with Crippen LogP contribution >= 0.6 is 15.9 Å². The molecule has 0 heterocycles. The van der Waals surface area contributed by atoms with Crippen LogP contribution in [0.3, 0.4) is 0 Å². The van der Waals surface area contributed by atoms with Gasteiger partial charge in [-0.15, -0.1) is 0 Å². The summed E-state index contributed by atoms with van der Waals surface area (Å²) in [6, 6.07) is 12.2. The molecule has 0 aliphatic rings. The van der Waals surface area contributed by atoms with Crippen molar-refractivity contribution < 1.29 is 9.53 Å². The molecule has 0 bridgehead atoms. The van der Waals surface area contributed by atoms with Crippen LogP contribution in [-0.2, 0) is 24.2 Å². The summed E-state index contributed by atoms with van der Waals surface area (Å²) in [4.78, 5) is 12.1. The Bertz CT molecular complexity index is 713. The van der Waals surface area contributed by atoms with Gasteiger partial charge in [-0.3, -0.25) is 4.79 Å². The van der Waals surface area contributed by atoms with E-state index < -0.39 is 0 Å². The van der Waals surface area contributed by atoms with Crippen LogP contribution in [0, 0.1) is 6.92 Å². The standard InChI is InChI=1S/C20H24BrNO2/c1-4-15-6-7-16(5-2)17(11-15)12-22-20(23)13-24-18-8-9-19(21)14(3)10-18/h6-11H,4-5,12-13H2,1-3H3,(H,22,23). The van der Waals surface area contributed by atoms with E-state index in [0.717, 1.165) is 22.9 Å². The summed E-state index contributed by atoms with van der Waals surface area (Å²) in [5, 5.41) is 2.95. The number of hydrogen-bond acceptors (Lipinski definition) is 2. The van der Waals surface area contributed by atoms with Crippen LogP contribution in [0.2, 0.25) is 0 Å². The van der Waals surface area contributed by atoms with E-state index in [-0.39, 0.29) is 12.5 Å². The Morgan fingerprint density at radius 3 is 2.54 bits per heavy atom. The molecule has 0 spiro atoms. The second-order valence-electron chi connectivity index (χ2n) is 5.79. The molecule has 0 fully saturated rings. The number of carbonyl (C=O) groups excluding carboxylic acids is 1. The predicted octanol–water partition coefficient (Wildman–Crippen LogP) is 4.58. The smallest absolute Gasteiger partial charge is 0.258 e. The van der Waals surface area contributed by atoms with Crippen LogP contribution in [0.4, 0.5) is 0 Å². The fourth-order valence-electron chi connectivity index (χ4n) is 2.51. The van der Waals surface area contributed by atoms with Gasteiger partial charge in [0.2, 0.25) is 0 Å². The van der Waals surface area contributed by atoms with E-state index in [0.29, 0.717) is 12.3 Å². The topological polar surface area (TPSA) is 38.3 Å². The van der Waals surface area contributed by atoms with Gasteiger partial charge in [-0.25, -0.2) is 0 Å². The van der Waals surface area contributed by atoms with Crippen molar-refractivity contribution in [2.24, 2.45) is 0 Å². The first kappa shape index (κ1) is 18.5. The Morgan fingerprint density at radius 2 is 1.88 bits per heavy atom. The maximum absolute atomic E-state index is 12.1. The summed E-state index contributed by atoms with van der Waals surface area (Å²) in [6.45, 7) is 6.82. The van der Waals surface area contributed by atoms with Gasteiger partial charge in [0.1, 0.15) is 5.75 Å². The molecule has 0 saturated carbocycles. The van der Waals surface area contributed by atoms with E-state index in [1.54, 1.807) is 0 Å². The van der Waals surface area contributed by atoms with Crippen molar-refractivity contribution in [1.82, 2.24) is 5.32 Å². The molecule has 2 aromatic carbocycles. The van der Waals surface area contributed by atoms with E-state index in [4.69, 9.17) is 4.74 Å². The zero-order chi connectivity index (χ0) is 17.5. The number of halogens is 1. The summed E-state index contributed by atoms with van der Waals surface area (Å²) in [5.41, 5.74) is 4.83. The lowest BCUT2D eigenvalue weighted by Gasteiger charge is -2.12. The predicted molar refractivity (Wildman–Crippen MR) is 101 cm³/mol. The lowest BCUT2D eigenvalue weighted by molar-refractivity contribution is -0.123. The van der Waals surface area contributed by atoms with E-state index >= 15 is 0 Å². The van der Waals surface area contributed by atoms with Crippen molar-refractivity contribution in [2.45, 2.75) is 40.2 Å². The molecule has 0 radical (unpaired) electrons. The van der Waals surface area contributed by atoms with Crippen molar-refractivity contribution in [1.29, 1.82) is 0 Å². The van der Waals surface area contributed by atoms with Gasteiger partial charge in [-0.1, -0.05) is 48.0 Å². The Kier molecular flexibility index (Phi) is 6.85. The first-order chi connectivity index (χ1) is 11.5. The Hall–Kier alpha value is -1.81. The quantitative estimate of drug-likeness (QED) is 0.752. The highest BCUT2D eigenvalue weighted by Gasteiger charge is 2.07. The van der Waals surface area contributed by atoms with Crippen LogP contribution in [0.15, 0.2) is 40.9 Å². The van der Waals surface area contributed by atoms with Gasteiger partial charge in [0, 0.05) is 11.0 Å². The second kappa shape index (κ2) is 8.88. The number of hydrogen-bond donors (Lipinski definition) is 1. The van der Waals surface area contributed by atoms with E-state index in [1.807, 2.05) is 25.1 Å². The molecule has 2 aromatic rings. The Balaban J connectivity index is 1.90. The van der Waals surface area contributed by atoms with Gasteiger partial charge in [-0.2, -0.15) is 0 Å². The largest absolute Gasteiger partial charge is 0.484 e. The maximum atomic E-state index is 12.1. The third kappa shape index (κ3) is 5.10. The fraction of sp³-hybridized carbons (Fsp3) is 0.350. The molecule has 1 N–H and O–H groups in total. The first-order valence-corrected chi connectivity index (χ1v) is 9.09. The van der Waals surface area contributed by atoms with Crippen LogP contribution in [-0.4, -0.2) is 12.5 Å². The third-order valence-corrected chi connectivity index (χ3v) is 4.92. The van der Waals surface area contributed by atoms with Gasteiger partial charge in [0.05, 0.1) is 0 Å². The van der Waals surface area contributed by atoms with Crippen molar-refractivity contribution >= 4 is 21.8 Å². The Labute approximate surface area is 152 Å². The van der Waals surface area contributed by atoms with Crippen LogP contribution in [0.5, 0.6) is 5.75 Å².